The van der Waals surface area contributed by atoms with Crippen LogP contribution in [0, 0.1) is 0 Å². The molecule has 6 nitrogen and oxygen atoms in total. The number of nitrogens with one attached hydrogen (secondary N) is 1. The summed E-state index contributed by atoms with van der Waals surface area (Å²) in [6.45, 7) is -0.117. The van der Waals surface area contributed by atoms with E-state index in [1.807, 2.05) is 0 Å². The van der Waals surface area contributed by atoms with E-state index in [1.165, 1.54) is 16.8 Å². The van der Waals surface area contributed by atoms with Gasteiger partial charge in [-0.1, -0.05) is 0 Å². The molecule has 7 heteroatoms. The third-order valence-corrected chi connectivity index (χ3v) is 3.32. The van der Waals surface area contributed by atoms with Crippen molar-refractivity contribution in [2.24, 2.45) is 0 Å². The topological polar surface area (TPSA) is 86.3 Å². The number of nitrogens with zero attached hydrogens (tertiary/aromatic N) is 1. The number of nitrogen functional groups attached to an aromatic ring is 1. The Labute approximate surface area is 129 Å². The lowest BCUT2D eigenvalue weighted by atomic mass is 10.3. The second kappa shape index (κ2) is 6.45. The zero-order chi connectivity index (χ0) is 15.4. The van der Waals surface area contributed by atoms with Crippen LogP contribution >= 0.6 is 15.9 Å². The van der Waals surface area contributed by atoms with E-state index < -0.39 is 0 Å². The highest BCUT2D eigenvalue weighted by molar-refractivity contribution is 9.10. The number of benzene rings is 1. The quantitative estimate of drug-likeness (QED) is 0.879. The van der Waals surface area contributed by atoms with Crippen LogP contribution in [-0.4, -0.2) is 17.6 Å². The van der Waals surface area contributed by atoms with Crippen LogP contribution in [0.4, 0.5) is 11.4 Å². The smallest absolute Gasteiger partial charge is 0.265 e. The molecule has 1 aromatic heterocycles. The van der Waals surface area contributed by atoms with Crippen LogP contribution in [0.25, 0.3) is 0 Å². The molecule has 1 heterocycles. The highest BCUT2D eigenvalue weighted by atomic mass is 79.9. The molecule has 0 aliphatic carbocycles. The fraction of sp³-hybridized carbons (Fsp3) is 0.143. The number of carbonyl (C=O) groups is 1. The van der Waals surface area contributed by atoms with Crippen molar-refractivity contribution in [3.8, 4) is 5.75 Å². The first-order valence-electron chi connectivity index (χ1n) is 6.09. The van der Waals surface area contributed by atoms with Gasteiger partial charge in [-0.15, -0.1) is 0 Å². The van der Waals surface area contributed by atoms with Gasteiger partial charge in [-0.2, -0.15) is 0 Å². The average molecular weight is 352 g/mol. The molecule has 1 amide bonds. The summed E-state index contributed by atoms with van der Waals surface area (Å²) in [6, 6.07) is 8.40. The third-order valence-electron chi connectivity index (χ3n) is 2.75. The molecule has 0 aliphatic heterocycles. The van der Waals surface area contributed by atoms with Gasteiger partial charge in [-0.05, 0) is 46.3 Å². The minimum absolute atomic E-state index is 0.117. The number of methoxy groups -OCH3 is 1. The first-order chi connectivity index (χ1) is 9.99. The van der Waals surface area contributed by atoms with Gasteiger partial charge in [0.25, 0.3) is 5.56 Å². The Bertz CT molecular complexity index is 710. The second-order valence-corrected chi connectivity index (χ2v) is 5.19. The van der Waals surface area contributed by atoms with Gasteiger partial charge in [0.15, 0.2) is 0 Å². The third kappa shape index (κ3) is 3.85. The van der Waals surface area contributed by atoms with E-state index in [0.29, 0.717) is 21.6 Å². The van der Waals surface area contributed by atoms with Crippen LogP contribution in [0.3, 0.4) is 0 Å². The van der Waals surface area contributed by atoms with Crippen LogP contribution in [0.15, 0.2) is 45.8 Å². The van der Waals surface area contributed by atoms with Crippen molar-refractivity contribution in [1.82, 2.24) is 4.57 Å². The van der Waals surface area contributed by atoms with Gasteiger partial charge in [0.1, 0.15) is 12.3 Å². The predicted molar refractivity (Wildman–Crippen MR) is 84.4 cm³/mol. The normalized spacial score (nSPS) is 10.2. The van der Waals surface area contributed by atoms with E-state index in [4.69, 9.17) is 10.5 Å². The van der Waals surface area contributed by atoms with E-state index in [1.54, 1.807) is 31.4 Å². The van der Waals surface area contributed by atoms with E-state index in [0.717, 1.165) is 0 Å². The Kier molecular flexibility index (Phi) is 4.64. The summed E-state index contributed by atoms with van der Waals surface area (Å²) in [5, 5.41) is 2.70. The number of aromatic nitrogens is 1. The van der Waals surface area contributed by atoms with E-state index in [-0.39, 0.29) is 18.0 Å². The monoisotopic (exact) mass is 351 g/mol. The molecule has 0 saturated carbocycles. The highest BCUT2D eigenvalue weighted by Gasteiger charge is 2.08. The fourth-order valence-electron chi connectivity index (χ4n) is 1.77. The Morgan fingerprint density at radius 3 is 2.67 bits per heavy atom. The Morgan fingerprint density at radius 1 is 1.38 bits per heavy atom. The molecular weight excluding hydrogens is 338 g/mol. The highest BCUT2D eigenvalue weighted by Crippen LogP contribution is 2.15. The van der Waals surface area contributed by atoms with Gasteiger partial charge in [0.2, 0.25) is 5.91 Å². The van der Waals surface area contributed by atoms with Gasteiger partial charge in [-0.25, -0.2) is 0 Å². The maximum atomic E-state index is 12.0. The number of amides is 1. The molecule has 0 atom stereocenters. The van der Waals surface area contributed by atoms with Crippen LogP contribution in [0.2, 0.25) is 0 Å². The standard InChI is InChI=1S/C14H14BrN3O3/c1-21-11-4-2-10(3-5-11)17-13(19)8-18-7-9(16)6-12(15)14(18)20/h2-7H,8,16H2,1H3,(H,17,19). The molecule has 21 heavy (non-hydrogen) atoms. The van der Waals surface area contributed by atoms with Crippen LogP contribution in [-0.2, 0) is 11.3 Å². The number of anilines is 2. The van der Waals surface area contributed by atoms with Crippen molar-refractivity contribution in [3.63, 3.8) is 0 Å². The Morgan fingerprint density at radius 2 is 2.05 bits per heavy atom. The van der Waals surface area contributed by atoms with E-state index >= 15 is 0 Å². The van der Waals surface area contributed by atoms with Crippen molar-refractivity contribution in [3.05, 3.63) is 51.4 Å². The number of ether oxygens (including phenoxy) is 1. The first kappa shape index (κ1) is 15.1. The predicted octanol–water partition coefficient (Wildman–Crippen LogP) is 1.84. The summed E-state index contributed by atoms with van der Waals surface area (Å²) < 4.78 is 6.60. The molecule has 0 unspecified atom stereocenters. The second-order valence-electron chi connectivity index (χ2n) is 4.33. The van der Waals surface area contributed by atoms with Crippen molar-refractivity contribution in [2.75, 3.05) is 18.2 Å². The molecule has 0 saturated heterocycles. The Balaban J connectivity index is 2.09. The van der Waals surface area contributed by atoms with Gasteiger partial charge in [0.05, 0.1) is 11.6 Å². The first-order valence-corrected chi connectivity index (χ1v) is 6.88. The van der Waals surface area contributed by atoms with Gasteiger partial charge in [0, 0.05) is 17.6 Å². The lowest BCUT2D eigenvalue weighted by molar-refractivity contribution is -0.116. The van der Waals surface area contributed by atoms with Crippen LogP contribution in [0.1, 0.15) is 0 Å². The maximum Gasteiger partial charge on any atom is 0.265 e. The minimum Gasteiger partial charge on any atom is -0.497 e. The van der Waals surface area contributed by atoms with E-state index in [2.05, 4.69) is 21.2 Å². The number of carbonyl (C=O) groups excluding carboxylic acids is 1. The SMILES string of the molecule is COc1ccc(NC(=O)Cn2cc(N)cc(Br)c2=O)cc1. The molecule has 0 bridgehead atoms. The summed E-state index contributed by atoms with van der Waals surface area (Å²) in [4.78, 5) is 23.8. The van der Waals surface area contributed by atoms with Crippen LogP contribution < -0.4 is 21.3 Å². The van der Waals surface area contributed by atoms with Crippen molar-refractivity contribution in [2.45, 2.75) is 6.54 Å². The molecule has 0 spiro atoms. The maximum absolute atomic E-state index is 12.0. The Hall–Kier alpha value is -2.28. The molecule has 2 aromatic rings. The number of hydrogen-bond acceptors (Lipinski definition) is 4. The zero-order valence-corrected chi connectivity index (χ0v) is 12.9. The number of nitrogens with two attached hydrogens (primary N) is 1. The lowest BCUT2D eigenvalue weighted by Crippen LogP contribution is -2.28. The van der Waals surface area contributed by atoms with Crippen molar-refractivity contribution < 1.29 is 9.53 Å². The molecule has 1 aromatic carbocycles. The molecule has 0 radical (unpaired) electrons. The summed E-state index contributed by atoms with van der Waals surface area (Å²) >= 11 is 3.11. The molecular formula is C14H14BrN3O3. The van der Waals surface area contributed by atoms with Gasteiger partial charge >= 0.3 is 0 Å². The van der Waals surface area contributed by atoms with Crippen molar-refractivity contribution in [1.29, 1.82) is 0 Å². The van der Waals surface area contributed by atoms with Gasteiger partial charge in [-0.3, -0.25) is 9.59 Å². The zero-order valence-electron chi connectivity index (χ0n) is 11.3. The minimum atomic E-state index is -0.320. The summed E-state index contributed by atoms with van der Waals surface area (Å²) in [7, 11) is 1.57. The average Bonchev–Trinajstić information content (AvgIpc) is 2.45. The number of pyridine rings is 1. The fourth-order valence-corrected chi connectivity index (χ4v) is 2.26. The van der Waals surface area contributed by atoms with E-state index in [9.17, 15) is 9.59 Å². The number of rotatable bonds is 4. The molecule has 110 valence electrons. The summed E-state index contributed by atoms with van der Waals surface area (Å²) in [5.74, 6) is 0.378. The summed E-state index contributed by atoms with van der Waals surface area (Å²) in [5.41, 5.74) is 6.37. The van der Waals surface area contributed by atoms with Gasteiger partial charge < -0.3 is 20.4 Å². The van der Waals surface area contributed by atoms with Crippen molar-refractivity contribution >= 4 is 33.2 Å². The van der Waals surface area contributed by atoms with Crippen LogP contribution in [0.5, 0.6) is 5.75 Å². The molecule has 2 rings (SSSR count). The summed E-state index contributed by atoms with van der Waals surface area (Å²) in [6.07, 6.45) is 1.43. The number of halogens is 1. The molecule has 3 N–H and O–H groups in total. The largest absolute Gasteiger partial charge is 0.497 e. The molecule has 0 aliphatic rings. The number of hydrogen-bond donors (Lipinski definition) is 2. The molecule has 0 fully saturated rings. The lowest BCUT2D eigenvalue weighted by Gasteiger charge is -2.09.